The van der Waals surface area contributed by atoms with Crippen LogP contribution in [0, 0.1) is 6.92 Å². The van der Waals surface area contributed by atoms with E-state index in [4.69, 9.17) is 4.74 Å². The molecule has 2 N–H and O–H groups in total. The van der Waals surface area contributed by atoms with E-state index in [-0.39, 0.29) is 12.0 Å². The predicted octanol–water partition coefficient (Wildman–Crippen LogP) is 0.836. The molecule has 1 fully saturated rings. The van der Waals surface area contributed by atoms with Crippen molar-refractivity contribution in [1.82, 2.24) is 10.2 Å². The number of carbonyl (C=O) groups is 1. The van der Waals surface area contributed by atoms with E-state index >= 15 is 0 Å². The van der Waals surface area contributed by atoms with Crippen molar-refractivity contribution in [2.45, 2.75) is 25.9 Å². The number of rotatable bonds is 2. The first kappa shape index (κ1) is 9.21. The first-order valence-electron chi connectivity index (χ1n) is 4.70. The molecule has 1 aliphatic rings. The second kappa shape index (κ2) is 3.79. The molecule has 0 aromatic carbocycles. The van der Waals surface area contributed by atoms with Crippen LogP contribution in [0.15, 0.2) is 6.20 Å². The van der Waals surface area contributed by atoms with Crippen molar-refractivity contribution in [2.75, 3.05) is 11.9 Å². The highest BCUT2D eigenvalue weighted by Crippen LogP contribution is 2.15. The monoisotopic (exact) mass is 195 g/mol. The molecule has 2 rings (SSSR count). The van der Waals surface area contributed by atoms with Crippen LogP contribution in [0.5, 0.6) is 0 Å². The van der Waals surface area contributed by atoms with Crippen molar-refractivity contribution in [1.29, 1.82) is 0 Å². The summed E-state index contributed by atoms with van der Waals surface area (Å²) in [5.41, 5.74) is 0.927. The number of aromatic amines is 1. The van der Waals surface area contributed by atoms with E-state index in [2.05, 4.69) is 15.5 Å². The van der Waals surface area contributed by atoms with Crippen molar-refractivity contribution in [2.24, 2.45) is 0 Å². The lowest BCUT2D eigenvalue weighted by molar-refractivity contribution is -0.124. The lowest BCUT2D eigenvalue weighted by Crippen LogP contribution is -2.27. The number of anilines is 1. The van der Waals surface area contributed by atoms with Gasteiger partial charge >= 0.3 is 0 Å². The average Bonchev–Trinajstić information content (AvgIpc) is 2.77. The SMILES string of the molecule is Cc1cn[nH]c1NC(=O)[C@@H]1CCCO1. The molecule has 1 saturated heterocycles. The summed E-state index contributed by atoms with van der Waals surface area (Å²) in [4.78, 5) is 11.6. The van der Waals surface area contributed by atoms with Crippen LogP contribution in [0.25, 0.3) is 0 Å². The summed E-state index contributed by atoms with van der Waals surface area (Å²) in [7, 11) is 0. The summed E-state index contributed by atoms with van der Waals surface area (Å²) in [6.07, 6.45) is 3.14. The average molecular weight is 195 g/mol. The van der Waals surface area contributed by atoms with Gasteiger partial charge in [-0.25, -0.2) is 0 Å². The lowest BCUT2D eigenvalue weighted by Gasteiger charge is -2.08. The largest absolute Gasteiger partial charge is 0.368 e. The Morgan fingerprint density at radius 1 is 1.79 bits per heavy atom. The van der Waals surface area contributed by atoms with E-state index in [9.17, 15) is 4.79 Å². The molecule has 76 valence electrons. The zero-order chi connectivity index (χ0) is 9.97. The van der Waals surface area contributed by atoms with Gasteiger partial charge in [-0.05, 0) is 19.8 Å². The van der Waals surface area contributed by atoms with E-state index in [0.29, 0.717) is 12.4 Å². The van der Waals surface area contributed by atoms with Crippen LogP contribution in [-0.4, -0.2) is 28.8 Å². The maximum absolute atomic E-state index is 11.6. The molecule has 1 aliphatic heterocycles. The predicted molar refractivity (Wildman–Crippen MR) is 50.9 cm³/mol. The Labute approximate surface area is 81.8 Å². The molecule has 1 aromatic rings. The Kier molecular flexibility index (Phi) is 2.49. The molecule has 0 saturated carbocycles. The second-order valence-electron chi connectivity index (χ2n) is 3.42. The Morgan fingerprint density at radius 2 is 2.64 bits per heavy atom. The van der Waals surface area contributed by atoms with Gasteiger partial charge in [0.1, 0.15) is 11.9 Å². The zero-order valence-electron chi connectivity index (χ0n) is 8.04. The van der Waals surface area contributed by atoms with Gasteiger partial charge in [0.25, 0.3) is 5.91 Å². The molecule has 1 atom stereocenters. The van der Waals surface area contributed by atoms with E-state index in [1.807, 2.05) is 6.92 Å². The van der Waals surface area contributed by atoms with E-state index in [1.165, 1.54) is 0 Å². The van der Waals surface area contributed by atoms with Crippen LogP contribution in [0.3, 0.4) is 0 Å². The smallest absolute Gasteiger partial charge is 0.254 e. The number of nitrogens with zero attached hydrogens (tertiary/aromatic N) is 1. The summed E-state index contributed by atoms with van der Waals surface area (Å²) < 4.78 is 5.26. The number of hydrogen-bond donors (Lipinski definition) is 2. The van der Waals surface area contributed by atoms with Gasteiger partial charge in [0.15, 0.2) is 0 Å². The summed E-state index contributed by atoms with van der Waals surface area (Å²) in [5, 5.41) is 9.29. The molecule has 0 radical (unpaired) electrons. The van der Waals surface area contributed by atoms with Crippen molar-refractivity contribution >= 4 is 11.7 Å². The van der Waals surface area contributed by atoms with E-state index < -0.39 is 0 Å². The minimum atomic E-state index is -0.294. The van der Waals surface area contributed by atoms with Gasteiger partial charge in [0.2, 0.25) is 0 Å². The summed E-state index contributed by atoms with van der Waals surface area (Å²) in [6, 6.07) is 0. The van der Waals surface area contributed by atoms with Crippen molar-refractivity contribution in [3.8, 4) is 0 Å². The van der Waals surface area contributed by atoms with Crippen LogP contribution < -0.4 is 5.32 Å². The van der Waals surface area contributed by atoms with Gasteiger partial charge in [0.05, 0.1) is 6.20 Å². The van der Waals surface area contributed by atoms with Gasteiger partial charge in [-0.15, -0.1) is 0 Å². The number of H-pyrrole nitrogens is 1. The number of amides is 1. The topological polar surface area (TPSA) is 67.0 Å². The molecular weight excluding hydrogens is 182 g/mol. The quantitative estimate of drug-likeness (QED) is 0.734. The van der Waals surface area contributed by atoms with Gasteiger partial charge < -0.3 is 10.1 Å². The standard InChI is InChI=1S/C9H13N3O2/c1-6-5-10-12-8(6)11-9(13)7-3-2-4-14-7/h5,7H,2-4H2,1H3,(H2,10,11,12,13)/t7-/m0/s1. The van der Waals surface area contributed by atoms with E-state index in [0.717, 1.165) is 18.4 Å². The van der Waals surface area contributed by atoms with Crippen LogP contribution in [0.4, 0.5) is 5.82 Å². The maximum Gasteiger partial charge on any atom is 0.254 e. The Balaban J connectivity index is 1.97. The summed E-state index contributed by atoms with van der Waals surface area (Å²) in [6.45, 7) is 2.56. The van der Waals surface area contributed by atoms with Gasteiger partial charge in [-0.3, -0.25) is 9.89 Å². The molecule has 2 heterocycles. The normalized spacial score (nSPS) is 21.1. The third-order valence-electron chi connectivity index (χ3n) is 2.30. The van der Waals surface area contributed by atoms with Crippen LogP contribution in [-0.2, 0) is 9.53 Å². The van der Waals surface area contributed by atoms with Crippen molar-refractivity contribution in [3.05, 3.63) is 11.8 Å². The van der Waals surface area contributed by atoms with E-state index in [1.54, 1.807) is 6.20 Å². The molecule has 0 unspecified atom stereocenters. The Bertz CT molecular complexity index is 329. The van der Waals surface area contributed by atoms with Crippen molar-refractivity contribution in [3.63, 3.8) is 0 Å². The fourth-order valence-electron chi connectivity index (χ4n) is 1.46. The highest BCUT2D eigenvalue weighted by Gasteiger charge is 2.24. The van der Waals surface area contributed by atoms with Crippen molar-refractivity contribution < 1.29 is 9.53 Å². The molecule has 0 spiro atoms. The fraction of sp³-hybridized carbons (Fsp3) is 0.556. The Hall–Kier alpha value is -1.36. The van der Waals surface area contributed by atoms with Crippen LogP contribution in [0.2, 0.25) is 0 Å². The number of nitrogens with one attached hydrogen (secondary N) is 2. The fourth-order valence-corrected chi connectivity index (χ4v) is 1.46. The summed E-state index contributed by atoms with van der Waals surface area (Å²) >= 11 is 0. The Morgan fingerprint density at radius 3 is 3.21 bits per heavy atom. The second-order valence-corrected chi connectivity index (χ2v) is 3.42. The first-order chi connectivity index (χ1) is 6.77. The molecule has 5 nitrogen and oxygen atoms in total. The van der Waals surface area contributed by atoms with Gasteiger partial charge in [-0.1, -0.05) is 0 Å². The molecule has 5 heteroatoms. The molecule has 0 aliphatic carbocycles. The molecule has 14 heavy (non-hydrogen) atoms. The summed E-state index contributed by atoms with van der Waals surface area (Å²) in [5.74, 6) is 0.570. The molecule has 1 aromatic heterocycles. The lowest BCUT2D eigenvalue weighted by atomic mass is 10.2. The minimum Gasteiger partial charge on any atom is -0.368 e. The maximum atomic E-state index is 11.6. The molecular formula is C9H13N3O2. The molecule has 1 amide bonds. The zero-order valence-corrected chi connectivity index (χ0v) is 8.04. The third-order valence-corrected chi connectivity index (χ3v) is 2.30. The highest BCUT2D eigenvalue weighted by atomic mass is 16.5. The number of aryl methyl sites for hydroxylation is 1. The van der Waals surface area contributed by atoms with Gasteiger partial charge in [-0.2, -0.15) is 5.10 Å². The van der Waals surface area contributed by atoms with Crippen LogP contribution >= 0.6 is 0 Å². The van der Waals surface area contributed by atoms with Crippen LogP contribution in [0.1, 0.15) is 18.4 Å². The van der Waals surface area contributed by atoms with Gasteiger partial charge in [0, 0.05) is 12.2 Å². The number of carbonyl (C=O) groups excluding carboxylic acids is 1. The number of aromatic nitrogens is 2. The number of hydrogen-bond acceptors (Lipinski definition) is 3. The number of ether oxygens (including phenoxy) is 1. The minimum absolute atomic E-state index is 0.0881. The first-order valence-corrected chi connectivity index (χ1v) is 4.70. The third kappa shape index (κ3) is 1.77. The highest BCUT2D eigenvalue weighted by molar-refractivity contribution is 5.93. The molecule has 0 bridgehead atoms.